The van der Waals surface area contributed by atoms with Crippen molar-refractivity contribution in [2.24, 2.45) is 5.73 Å². The van der Waals surface area contributed by atoms with E-state index in [0.717, 1.165) is 18.5 Å². The van der Waals surface area contributed by atoms with E-state index in [1.165, 1.54) is 11.3 Å². The van der Waals surface area contributed by atoms with Gasteiger partial charge in [0.15, 0.2) is 5.78 Å². The topological polar surface area (TPSA) is 56.0 Å². The average molecular weight is 198 g/mol. The van der Waals surface area contributed by atoms with Gasteiger partial charge in [0.25, 0.3) is 0 Å². The zero-order valence-electron chi connectivity index (χ0n) is 7.91. The zero-order valence-corrected chi connectivity index (χ0v) is 8.73. The Balaban J connectivity index is 2.73. The lowest BCUT2D eigenvalue weighted by Gasteiger charge is -2.07. The molecule has 2 N–H and O–H groups in total. The van der Waals surface area contributed by atoms with Crippen molar-refractivity contribution < 1.29 is 4.79 Å². The van der Waals surface area contributed by atoms with Crippen molar-refractivity contribution in [3.63, 3.8) is 0 Å². The molecule has 72 valence electrons. The number of hydrogen-bond acceptors (Lipinski definition) is 4. The van der Waals surface area contributed by atoms with Crippen LogP contribution in [0.15, 0.2) is 5.51 Å². The molecule has 13 heavy (non-hydrogen) atoms. The molecular weight excluding hydrogens is 184 g/mol. The van der Waals surface area contributed by atoms with E-state index in [0.29, 0.717) is 4.88 Å². The van der Waals surface area contributed by atoms with Crippen molar-refractivity contribution in [1.82, 2.24) is 4.98 Å². The van der Waals surface area contributed by atoms with Crippen molar-refractivity contribution in [3.8, 4) is 0 Å². The van der Waals surface area contributed by atoms with Gasteiger partial charge in [-0.3, -0.25) is 4.79 Å². The number of aromatic nitrogens is 1. The number of carbonyl (C=O) groups excluding carboxylic acids is 1. The highest BCUT2D eigenvalue weighted by Crippen LogP contribution is 2.15. The van der Waals surface area contributed by atoms with Crippen LogP contribution in [0.5, 0.6) is 0 Å². The normalized spacial score (nSPS) is 12.8. The second kappa shape index (κ2) is 4.48. The van der Waals surface area contributed by atoms with Crippen LogP contribution in [0, 0.1) is 6.92 Å². The lowest BCUT2D eigenvalue weighted by atomic mass is 10.1. The summed E-state index contributed by atoms with van der Waals surface area (Å²) in [5.74, 6) is 0.0295. The lowest BCUT2D eigenvalue weighted by Crippen LogP contribution is -2.30. The molecule has 0 aliphatic heterocycles. The Morgan fingerprint density at radius 3 is 2.92 bits per heavy atom. The Morgan fingerprint density at radius 2 is 2.46 bits per heavy atom. The van der Waals surface area contributed by atoms with Crippen LogP contribution in [-0.4, -0.2) is 16.8 Å². The number of hydrogen-bond donors (Lipinski definition) is 1. The van der Waals surface area contributed by atoms with Crippen molar-refractivity contribution in [1.29, 1.82) is 0 Å². The molecule has 1 aromatic rings. The van der Waals surface area contributed by atoms with E-state index in [4.69, 9.17) is 5.73 Å². The first-order valence-electron chi connectivity index (χ1n) is 4.36. The first-order valence-corrected chi connectivity index (χ1v) is 5.24. The van der Waals surface area contributed by atoms with Gasteiger partial charge in [-0.05, 0) is 13.3 Å². The number of Topliss-reactive ketones (excluding diaryl/α,β-unsaturated/α-hetero) is 1. The van der Waals surface area contributed by atoms with E-state index in [1.54, 1.807) is 5.51 Å². The number of thiazole rings is 1. The van der Waals surface area contributed by atoms with Gasteiger partial charge in [-0.1, -0.05) is 13.3 Å². The Bertz CT molecular complexity index is 296. The highest BCUT2D eigenvalue weighted by atomic mass is 32.1. The van der Waals surface area contributed by atoms with E-state index in [-0.39, 0.29) is 11.8 Å². The molecule has 0 aromatic carbocycles. The van der Waals surface area contributed by atoms with Gasteiger partial charge >= 0.3 is 0 Å². The minimum absolute atomic E-state index is 0.0295. The largest absolute Gasteiger partial charge is 0.321 e. The zero-order chi connectivity index (χ0) is 9.84. The Hall–Kier alpha value is -0.740. The maximum Gasteiger partial charge on any atom is 0.191 e. The van der Waals surface area contributed by atoms with Crippen LogP contribution in [0.1, 0.15) is 35.1 Å². The minimum atomic E-state index is -0.357. The molecule has 3 nitrogen and oxygen atoms in total. The summed E-state index contributed by atoms with van der Waals surface area (Å²) in [6, 6.07) is -0.357. The van der Waals surface area contributed by atoms with Crippen molar-refractivity contribution in [2.45, 2.75) is 32.7 Å². The SMILES string of the molecule is CCCC(N)C(=O)c1scnc1C. The number of nitrogens with zero attached hydrogens (tertiary/aromatic N) is 1. The van der Waals surface area contributed by atoms with Gasteiger partial charge in [0.2, 0.25) is 0 Å². The van der Waals surface area contributed by atoms with Gasteiger partial charge < -0.3 is 5.73 Å². The molecule has 1 unspecified atom stereocenters. The highest BCUT2D eigenvalue weighted by Gasteiger charge is 2.18. The van der Waals surface area contributed by atoms with Crippen molar-refractivity contribution in [3.05, 3.63) is 16.1 Å². The van der Waals surface area contributed by atoms with Crippen LogP contribution in [0.25, 0.3) is 0 Å². The fourth-order valence-electron chi connectivity index (χ4n) is 1.15. The lowest BCUT2D eigenvalue weighted by molar-refractivity contribution is 0.0960. The second-order valence-corrected chi connectivity index (χ2v) is 3.88. The molecule has 1 heterocycles. The van der Waals surface area contributed by atoms with E-state index in [1.807, 2.05) is 13.8 Å². The van der Waals surface area contributed by atoms with Crippen LogP contribution in [0.3, 0.4) is 0 Å². The molecule has 0 aliphatic carbocycles. The Kier molecular flexibility index (Phi) is 3.57. The number of aryl methyl sites for hydroxylation is 1. The fraction of sp³-hybridized carbons (Fsp3) is 0.556. The number of ketones is 1. The second-order valence-electron chi connectivity index (χ2n) is 3.03. The van der Waals surface area contributed by atoms with E-state index in [2.05, 4.69) is 4.98 Å². The van der Waals surface area contributed by atoms with E-state index >= 15 is 0 Å². The predicted molar refractivity (Wildman–Crippen MR) is 54.1 cm³/mol. The van der Waals surface area contributed by atoms with Crippen LogP contribution in [0.4, 0.5) is 0 Å². The molecule has 0 aliphatic rings. The third-order valence-electron chi connectivity index (χ3n) is 1.91. The molecule has 0 amide bonds. The van der Waals surface area contributed by atoms with Crippen molar-refractivity contribution in [2.75, 3.05) is 0 Å². The maximum atomic E-state index is 11.7. The summed E-state index contributed by atoms with van der Waals surface area (Å²) in [7, 11) is 0. The third-order valence-corrected chi connectivity index (χ3v) is 2.85. The molecule has 1 atom stereocenters. The van der Waals surface area contributed by atoms with E-state index in [9.17, 15) is 4.79 Å². The van der Waals surface area contributed by atoms with Gasteiger partial charge in [-0.15, -0.1) is 11.3 Å². The summed E-state index contributed by atoms with van der Waals surface area (Å²) < 4.78 is 0. The molecule has 4 heteroatoms. The van der Waals surface area contributed by atoms with Gasteiger partial charge in [0.05, 0.1) is 22.1 Å². The van der Waals surface area contributed by atoms with Crippen LogP contribution < -0.4 is 5.73 Å². The minimum Gasteiger partial charge on any atom is -0.321 e. The Labute approximate surface area is 82.0 Å². The molecular formula is C9H14N2OS. The smallest absolute Gasteiger partial charge is 0.191 e. The standard InChI is InChI=1S/C9H14N2OS/c1-3-4-7(10)8(12)9-6(2)11-5-13-9/h5,7H,3-4,10H2,1-2H3. The number of carbonyl (C=O) groups is 1. The van der Waals surface area contributed by atoms with Crippen molar-refractivity contribution >= 4 is 17.1 Å². The maximum absolute atomic E-state index is 11.7. The molecule has 0 saturated heterocycles. The van der Waals surface area contributed by atoms with Gasteiger partial charge in [0, 0.05) is 0 Å². The summed E-state index contributed by atoms with van der Waals surface area (Å²) in [6.07, 6.45) is 1.68. The highest BCUT2D eigenvalue weighted by molar-refractivity contribution is 7.12. The first kappa shape index (κ1) is 10.3. The summed E-state index contributed by atoms with van der Waals surface area (Å²) >= 11 is 1.37. The van der Waals surface area contributed by atoms with Crippen LogP contribution >= 0.6 is 11.3 Å². The molecule has 0 bridgehead atoms. The summed E-state index contributed by atoms with van der Waals surface area (Å²) in [5, 5.41) is 0. The van der Waals surface area contributed by atoms with Gasteiger partial charge in [-0.25, -0.2) is 4.98 Å². The van der Waals surface area contributed by atoms with Gasteiger partial charge in [-0.2, -0.15) is 0 Å². The monoisotopic (exact) mass is 198 g/mol. The number of rotatable bonds is 4. The fourth-order valence-corrected chi connectivity index (χ4v) is 1.96. The summed E-state index contributed by atoms with van der Waals surface area (Å²) in [6.45, 7) is 3.86. The first-order chi connectivity index (χ1) is 6.16. The molecule has 0 radical (unpaired) electrons. The Morgan fingerprint density at radius 1 is 1.77 bits per heavy atom. The molecule has 1 rings (SSSR count). The average Bonchev–Trinajstić information content (AvgIpc) is 2.50. The van der Waals surface area contributed by atoms with Crippen LogP contribution in [0.2, 0.25) is 0 Å². The molecule has 1 aromatic heterocycles. The molecule has 0 saturated carbocycles. The summed E-state index contributed by atoms with van der Waals surface area (Å²) in [5.41, 5.74) is 8.19. The third kappa shape index (κ3) is 2.35. The molecule has 0 spiro atoms. The quantitative estimate of drug-likeness (QED) is 0.750. The summed E-state index contributed by atoms with van der Waals surface area (Å²) in [4.78, 5) is 16.4. The van der Waals surface area contributed by atoms with E-state index < -0.39 is 0 Å². The van der Waals surface area contributed by atoms with Crippen LogP contribution in [-0.2, 0) is 0 Å². The number of nitrogens with two attached hydrogens (primary N) is 1. The van der Waals surface area contributed by atoms with Gasteiger partial charge in [0.1, 0.15) is 0 Å². The predicted octanol–water partition coefficient (Wildman–Crippen LogP) is 1.76. The molecule has 0 fully saturated rings.